The van der Waals surface area contributed by atoms with E-state index in [0.717, 1.165) is 11.1 Å². The maximum absolute atomic E-state index is 13.1. The number of nitrogens with one attached hydrogen (secondary N) is 1. The van der Waals surface area contributed by atoms with Crippen LogP contribution in [0.2, 0.25) is 0 Å². The van der Waals surface area contributed by atoms with Crippen LogP contribution in [-0.2, 0) is 13.1 Å². The van der Waals surface area contributed by atoms with Gasteiger partial charge in [-0.05, 0) is 59.7 Å². The number of rotatable bonds is 6. The number of carbonyl (C=O) groups excluding carboxylic acids is 2. The predicted octanol–water partition coefficient (Wildman–Crippen LogP) is 4.55. The normalized spacial score (nSPS) is 11.4. The number of thiazole rings is 1. The zero-order valence-electron chi connectivity index (χ0n) is 17.4. The molecule has 8 heteroatoms. The monoisotopic (exact) mass is 463 g/mol. The number of amides is 2. The van der Waals surface area contributed by atoms with E-state index in [1.165, 1.54) is 47.7 Å². The number of halogens is 2. The van der Waals surface area contributed by atoms with Crippen molar-refractivity contribution in [3.63, 3.8) is 0 Å². The Labute approximate surface area is 192 Å². The molecule has 1 N–H and O–H groups in total. The summed E-state index contributed by atoms with van der Waals surface area (Å²) in [4.78, 5) is 29.4. The summed E-state index contributed by atoms with van der Waals surface area (Å²) in [5, 5.41) is 4.64. The summed E-state index contributed by atoms with van der Waals surface area (Å²) in [6.45, 7) is 0.773. The summed E-state index contributed by atoms with van der Waals surface area (Å²) in [7, 11) is 0. The van der Waals surface area contributed by atoms with Crippen LogP contribution in [0.3, 0.4) is 0 Å². The van der Waals surface area contributed by atoms with Gasteiger partial charge in [-0.25, -0.2) is 8.78 Å². The maximum atomic E-state index is 13.1. The fraction of sp³-hybridized carbons (Fsp3) is 0.0800. The van der Waals surface area contributed by atoms with Crippen molar-refractivity contribution in [3.05, 3.63) is 123 Å². The Bertz CT molecular complexity index is 1330. The van der Waals surface area contributed by atoms with E-state index < -0.39 is 11.7 Å². The molecule has 0 saturated carbocycles. The number of nitrogens with zero attached hydrogens (tertiary/aromatic N) is 2. The van der Waals surface area contributed by atoms with E-state index in [-0.39, 0.29) is 11.7 Å². The first-order valence-electron chi connectivity index (χ1n) is 10.1. The largest absolute Gasteiger partial charge is 0.348 e. The lowest BCUT2D eigenvalue weighted by atomic mass is 10.1. The van der Waals surface area contributed by atoms with Gasteiger partial charge in [0.05, 0.1) is 0 Å². The van der Waals surface area contributed by atoms with Crippen molar-refractivity contribution in [1.29, 1.82) is 0 Å². The Morgan fingerprint density at radius 1 is 0.818 bits per heavy atom. The molecule has 0 radical (unpaired) electrons. The van der Waals surface area contributed by atoms with Crippen LogP contribution >= 0.6 is 11.3 Å². The van der Waals surface area contributed by atoms with Crippen LogP contribution in [0.25, 0.3) is 0 Å². The Balaban J connectivity index is 1.41. The van der Waals surface area contributed by atoms with Gasteiger partial charge in [0.1, 0.15) is 11.6 Å². The molecule has 0 atom stereocenters. The maximum Gasteiger partial charge on any atom is 0.279 e. The Hall–Kier alpha value is -3.91. The van der Waals surface area contributed by atoms with Crippen LogP contribution in [0.5, 0.6) is 0 Å². The standard InChI is InChI=1S/C25H19F2N3O2S/c26-21-9-3-17(4-10-21)15-28-23(31)19-5-1-18(2-6-19)16-30-13-14-33-25(30)29-24(32)20-7-11-22(27)12-8-20/h1-14H,15-16H2,(H,28,31). The molecule has 3 aromatic carbocycles. The fourth-order valence-corrected chi connectivity index (χ4v) is 3.82. The van der Waals surface area contributed by atoms with Gasteiger partial charge in [-0.2, -0.15) is 4.99 Å². The van der Waals surface area contributed by atoms with E-state index in [1.807, 2.05) is 28.3 Å². The van der Waals surface area contributed by atoms with Gasteiger partial charge in [0.2, 0.25) is 0 Å². The molecule has 0 aliphatic rings. The first-order valence-corrected chi connectivity index (χ1v) is 11.0. The summed E-state index contributed by atoms with van der Waals surface area (Å²) in [6.07, 6.45) is 1.82. The van der Waals surface area contributed by atoms with Crippen molar-refractivity contribution < 1.29 is 18.4 Å². The molecule has 4 aromatic rings. The van der Waals surface area contributed by atoms with Crippen molar-refractivity contribution in [1.82, 2.24) is 9.88 Å². The van der Waals surface area contributed by atoms with Crippen LogP contribution < -0.4 is 10.1 Å². The quantitative estimate of drug-likeness (QED) is 0.456. The minimum Gasteiger partial charge on any atom is -0.348 e. The van der Waals surface area contributed by atoms with Gasteiger partial charge in [-0.3, -0.25) is 9.59 Å². The lowest BCUT2D eigenvalue weighted by Gasteiger charge is -2.07. The Kier molecular flexibility index (Phi) is 6.85. The van der Waals surface area contributed by atoms with Gasteiger partial charge in [-0.1, -0.05) is 24.3 Å². The number of hydrogen-bond donors (Lipinski definition) is 1. The molecule has 1 aromatic heterocycles. The molecule has 33 heavy (non-hydrogen) atoms. The first-order chi connectivity index (χ1) is 16.0. The van der Waals surface area contributed by atoms with Gasteiger partial charge >= 0.3 is 0 Å². The van der Waals surface area contributed by atoms with Crippen molar-refractivity contribution in [2.45, 2.75) is 13.1 Å². The molecule has 0 fully saturated rings. The van der Waals surface area contributed by atoms with Gasteiger partial charge in [0.25, 0.3) is 11.8 Å². The summed E-state index contributed by atoms with van der Waals surface area (Å²) in [6, 6.07) is 18.3. The fourth-order valence-electron chi connectivity index (χ4n) is 3.10. The number of aromatic nitrogens is 1. The summed E-state index contributed by atoms with van der Waals surface area (Å²) >= 11 is 1.32. The van der Waals surface area contributed by atoms with Crippen molar-refractivity contribution in [2.75, 3.05) is 0 Å². The zero-order chi connectivity index (χ0) is 23.2. The number of hydrogen-bond acceptors (Lipinski definition) is 3. The first kappa shape index (κ1) is 22.3. The SMILES string of the molecule is O=C(N=c1sccn1Cc1ccc(C(=O)NCc2ccc(F)cc2)cc1)c1ccc(F)cc1. The van der Waals surface area contributed by atoms with Crippen molar-refractivity contribution in [2.24, 2.45) is 4.99 Å². The molecule has 166 valence electrons. The molecule has 0 spiro atoms. The summed E-state index contributed by atoms with van der Waals surface area (Å²) < 4.78 is 27.9. The highest BCUT2D eigenvalue weighted by Crippen LogP contribution is 2.09. The second kappa shape index (κ2) is 10.1. The summed E-state index contributed by atoms with van der Waals surface area (Å²) in [5.41, 5.74) is 2.56. The van der Waals surface area contributed by atoms with Crippen LogP contribution in [0.15, 0.2) is 89.4 Å². The minimum absolute atomic E-state index is 0.227. The Morgan fingerprint density at radius 3 is 2.06 bits per heavy atom. The van der Waals surface area contributed by atoms with Crippen molar-refractivity contribution >= 4 is 23.2 Å². The van der Waals surface area contributed by atoms with E-state index in [0.29, 0.717) is 29.0 Å². The second-order valence-electron chi connectivity index (χ2n) is 7.24. The molecule has 0 saturated heterocycles. The van der Waals surface area contributed by atoms with E-state index in [9.17, 15) is 18.4 Å². The van der Waals surface area contributed by atoms with Crippen LogP contribution in [0, 0.1) is 11.6 Å². The summed E-state index contributed by atoms with van der Waals surface area (Å²) in [5.74, 6) is -1.40. The van der Waals surface area contributed by atoms with E-state index in [1.54, 1.807) is 24.3 Å². The van der Waals surface area contributed by atoms with Crippen LogP contribution in [-0.4, -0.2) is 16.4 Å². The molecule has 2 amide bonds. The van der Waals surface area contributed by atoms with Gasteiger partial charge in [0.15, 0.2) is 4.80 Å². The highest BCUT2D eigenvalue weighted by atomic mass is 32.1. The third kappa shape index (κ3) is 5.87. The molecule has 1 heterocycles. The highest BCUT2D eigenvalue weighted by molar-refractivity contribution is 7.07. The van der Waals surface area contributed by atoms with E-state index in [4.69, 9.17) is 0 Å². The molecular weight excluding hydrogens is 444 g/mol. The molecule has 0 aliphatic carbocycles. The molecule has 0 bridgehead atoms. The molecule has 5 nitrogen and oxygen atoms in total. The van der Waals surface area contributed by atoms with Crippen LogP contribution in [0.1, 0.15) is 31.8 Å². The number of carbonyl (C=O) groups is 2. The minimum atomic E-state index is -0.445. The lowest BCUT2D eigenvalue weighted by molar-refractivity contribution is 0.0949. The molecule has 4 rings (SSSR count). The van der Waals surface area contributed by atoms with E-state index in [2.05, 4.69) is 10.3 Å². The van der Waals surface area contributed by atoms with Crippen molar-refractivity contribution in [3.8, 4) is 0 Å². The van der Waals surface area contributed by atoms with Gasteiger partial charge in [0, 0.05) is 35.8 Å². The Morgan fingerprint density at radius 2 is 1.39 bits per heavy atom. The van der Waals surface area contributed by atoms with Gasteiger partial charge < -0.3 is 9.88 Å². The highest BCUT2D eigenvalue weighted by Gasteiger charge is 2.08. The predicted molar refractivity (Wildman–Crippen MR) is 122 cm³/mol. The smallest absolute Gasteiger partial charge is 0.279 e. The topological polar surface area (TPSA) is 63.5 Å². The second-order valence-corrected chi connectivity index (χ2v) is 8.12. The van der Waals surface area contributed by atoms with Crippen LogP contribution in [0.4, 0.5) is 8.78 Å². The van der Waals surface area contributed by atoms with E-state index >= 15 is 0 Å². The zero-order valence-corrected chi connectivity index (χ0v) is 18.2. The average Bonchev–Trinajstić information content (AvgIpc) is 3.25. The third-order valence-electron chi connectivity index (χ3n) is 4.88. The third-order valence-corrected chi connectivity index (χ3v) is 5.68. The lowest BCUT2D eigenvalue weighted by Crippen LogP contribution is -2.22. The number of benzene rings is 3. The average molecular weight is 464 g/mol. The molecular formula is C25H19F2N3O2S. The molecule has 0 unspecified atom stereocenters. The van der Waals surface area contributed by atoms with Gasteiger partial charge in [-0.15, -0.1) is 11.3 Å². The molecule has 0 aliphatic heterocycles.